The van der Waals surface area contributed by atoms with Crippen molar-refractivity contribution in [3.8, 4) is 0 Å². The Balaban J connectivity index is 1.77. The van der Waals surface area contributed by atoms with Crippen molar-refractivity contribution in [3.63, 3.8) is 0 Å². The third-order valence-corrected chi connectivity index (χ3v) is 4.74. The molecule has 2 fully saturated rings. The second kappa shape index (κ2) is 4.60. The molecule has 0 heterocycles. The van der Waals surface area contributed by atoms with Crippen LogP contribution in [0.5, 0.6) is 0 Å². The average molecular weight is 262 g/mol. The van der Waals surface area contributed by atoms with Gasteiger partial charge >= 0.3 is 0 Å². The van der Waals surface area contributed by atoms with E-state index in [1.54, 1.807) is 6.07 Å². The number of amides is 1. The SMILES string of the molecule is Cc1ccc(F)cc1NC(=O)C1C2CCC(C2)C1N. The van der Waals surface area contributed by atoms with Crippen molar-refractivity contribution < 1.29 is 9.18 Å². The molecule has 3 N–H and O–H groups in total. The summed E-state index contributed by atoms with van der Waals surface area (Å²) in [6, 6.07) is 4.40. The maximum Gasteiger partial charge on any atom is 0.229 e. The largest absolute Gasteiger partial charge is 0.327 e. The van der Waals surface area contributed by atoms with E-state index in [1.807, 2.05) is 6.92 Å². The van der Waals surface area contributed by atoms with Crippen molar-refractivity contribution >= 4 is 11.6 Å². The number of aryl methyl sites for hydroxylation is 1. The van der Waals surface area contributed by atoms with Gasteiger partial charge in [-0.2, -0.15) is 0 Å². The predicted octanol–water partition coefficient (Wildman–Crippen LogP) is 2.45. The Morgan fingerprint density at radius 2 is 2.11 bits per heavy atom. The van der Waals surface area contributed by atoms with E-state index >= 15 is 0 Å². The number of hydrogen-bond donors (Lipinski definition) is 2. The van der Waals surface area contributed by atoms with Crippen molar-refractivity contribution in [3.05, 3.63) is 29.6 Å². The summed E-state index contributed by atoms with van der Waals surface area (Å²) in [6.07, 6.45) is 3.31. The molecular formula is C15H19FN2O. The third-order valence-electron chi connectivity index (χ3n) is 4.74. The topological polar surface area (TPSA) is 55.1 Å². The van der Waals surface area contributed by atoms with Gasteiger partial charge in [-0.3, -0.25) is 4.79 Å². The van der Waals surface area contributed by atoms with Gasteiger partial charge in [0, 0.05) is 11.7 Å². The summed E-state index contributed by atoms with van der Waals surface area (Å²) in [5, 5.41) is 2.85. The third kappa shape index (κ3) is 2.14. The van der Waals surface area contributed by atoms with Crippen LogP contribution in [0.15, 0.2) is 18.2 Å². The van der Waals surface area contributed by atoms with Crippen LogP contribution in [0.2, 0.25) is 0 Å². The summed E-state index contributed by atoms with van der Waals surface area (Å²) in [5.74, 6) is 0.413. The van der Waals surface area contributed by atoms with Crippen LogP contribution in [-0.4, -0.2) is 11.9 Å². The molecule has 0 spiro atoms. The first kappa shape index (κ1) is 12.6. The number of nitrogens with one attached hydrogen (secondary N) is 1. The highest BCUT2D eigenvalue weighted by Gasteiger charge is 2.49. The van der Waals surface area contributed by atoms with Crippen molar-refractivity contribution in [2.24, 2.45) is 23.5 Å². The van der Waals surface area contributed by atoms with Crippen LogP contribution in [0.3, 0.4) is 0 Å². The highest BCUT2D eigenvalue weighted by Crippen LogP contribution is 2.47. The number of benzene rings is 1. The Labute approximate surface area is 112 Å². The lowest BCUT2D eigenvalue weighted by atomic mass is 9.84. The number of fused-ring (bicyclic) bond motifs is 2. The summed E-state index contributed by atoms with van der Waals surface area (Å²) in [6.45, 7) is 1.86. The minimum absolute atomic E-state index is 0.0346. The summed E-state index contributed by atoms with van der Waals surface area (Å²) in [7, 11) is 0. The van der Waals surface area contributed by atoms with E-state index < -0.39 is 0 Å². The first-order valence-electron chi connectivity index (χ1n) is 6.89. The molecule has 3 rings (SSSR count). The van der Waals surface area contributed by atoms with E-state index in [0.717, 1.165) is 24.8 Å². The molecule has 2 aliphatic carbocycles. The van der Waals surface area contributed by atoms with E-state index in [1.165, 1.54) is 12.1 Å². The van der Waals surface area contributed by atoms with Gasteiger partial charge in [-0.1, -0.05) is 6.07 Å². The summed E-state index contributed by atoms with van der Waals surface area (Å²) >= 11 is 0. The average Bonchev–Trinajstić information content (AvgIpc) is 2.94. The molecule has 2 aliphatic rings. The quantitative estimate of drug-likeness (QED) is 0.860. The molecule has 2 saturated carbocycles. The van der Waals surface area contributed by atoms with Gasteiger partial charge in [0.2, 0.25) is 5.91 Å². The Morgan fingerprint density at radius 1 is 1.37 bits per heavy atom. The summed E-state index contributed by atoms with van der Waals surface area (Å²) in [5.41, 5.74) is 7.57. The van der Waals surface area contributed by atoms with Crippen LogP contribution in [-0.2, 0) is 4.79 Å². The summed E-state index contributed by atoms with van der Waals surface area (Å²) in [4.78, 5) is 12.4. The number of hydrogen-bond acceptors (Lipinski definition) is 2. The van der Waals surface area contributed by atoms with Crippen LogP contribution in [0.4, 0.5) is 10.1 Å². The molecule has 0 radical (unpaired) electrons. The van der Waals surface area contributed by atoms with E-state index in [2.05, 4.69) is 5.32 Å². The Kier molecular flexibility index (Phi) is 3.05. The van der Waals surface area contributed by atoms with Gasteiger partial charge < -0.3 is 11.1 Å². The molecule has 1 amide bonds. The maximum atomic E-state index is 13.2. The first-order valence-corrected chi connectivity index (χ1v) is 6.89. The number of carbonyl (C=O) groups is 1. The molecule has 0 saturated heterocycles. The lowest BCUT2D eigenvalue weighted by Gasteiger charge is -2.27. The predicted molar refractivity (Wildman–Crippen MR) is 72.1 cm³/mol. The fourth-order valence-electron chi connectivity index (χ4n) is 3.67. The van der Waals surface area contributed by atoms with Gasteiger partial charge in [0.15, 0.2) is 0 Å². The Bertz CT molecular complexity index is 515. The fraction of sp³-hybridized carbons (Fsp3) is 0.533. The van der Waals surface area contributed by atoms with Crippen LogP contribution in [0.25, 0.3) is 0 Å². The number of halogens is 1. The molecule has 102 valence electrons. The number of nitrogens with two attached hydrogens (primary N) is 1. The van der Waals surface area contributed by atoms with E-state index in [-0.39, 0.29) is 23.7 Å². The molecule has 4 atom stereocenters. The Morgan fingerprint density at radius 3 is 2.79 bits per heavy atom. The second-order valence-electron chi connectivity index (χ2n) is 5.88. The zero-order valence-electron chi connectivity index (χ0n) is 11.0. The van der Waals surface area contributed by atoms with Gasteiger partial charge in [-0.05, 0) is 55.7 Å². The second-order valence-corrected chi connectivity index (χ2v) is 5.88. The highest BCUT2D eigenvalue weighted by molar-refractivity contribution is 5.94. The van der Waals surface area contributed by atoms with Crippen molar-refractivity contribution in [1.29, 1.82) is 0 Å². The fourth-order valence-corrected chi connectivity index (χ4v) is 3.67. The molecule has 1 aromatic rings. The van der Waals surface area contributed by atoms with Crippen LogP contribution in [0.1, 0.15) is 24.8 Å². The number of anilines is 1. The zero-order chi connectivity index (χ0) is 13.6. The van der Waals surface area contributed by atoms with Gasteiger partial charge in [-0.15, -0.1) is 0 Å². The van der Waals surface area contributed by atoms with Gasteiger partial charge in [0.25, 0.3) is 0 Å². The minimum atomic E-state index is -0.335. The highest BCUT2D eigenvalue weighted by atomic mass is 19.1. The molecule has 19 heavy (non-hydrogen) atoms. The molecule has 1 aromatic carbocycles. The van der Waals surface area contributed by atoms with E-state index in [0.29, 0.717) is 17.5 Å². The lowest BCUT2D eigenvalue weighted by molar-refractivity contribution is -0.121. The van der Waals surface area contributed by atoms with Crippen LogP contribution < -0.4 is 11.1 Å². The van der Waals surface area contributed by atoms with Gasteiger partial charge in [-0.25, -0.2) is 4.39 Å². The molecule has 4 unspecified atom stereocenters. The maximum absolute atomic E-state index is 13.2. The van der Waals surface area contributed by atoms with Crippen molar-refractivity contribution in [1.82, 2.24) is 0 Å². The minimum Gasteiger partial charge on any atom is -0.327 e. The zero-order valence-corrected chi connectivity index (χ0v) is 11.0. The molecule has 0 aliphatic heterocycles. The standard InChI is InChI=1S/C15H19FN2O/c1-8-2-5-11(16)7-12(8)18-15(19)13-9-3-4-10(6-9)14(13)17/h2,5,7,9-10,13-14H,3-4,6,17H2,1H3,(H,18,19). The lowest BCUT2D eigenvalue weighted by Crippen LogP contribution is -2.42. The van der Waals surface area contributed by atoms with Crippen molar-refractivity contribution in [2.45, 2.75) is 32.2 Å². The molecular weight excluding hydrogens is 243 g/mol. The molecule has 2 bridgehead atoms. The smallest absolute Gasteiger partial charge is 0.229 e. The molecule has 4 heteroatoms. The van der Waals surface area contributed by atoms with Crippen LogP contribution in [0, 0.1) is 30.5 Å². The van der Waals surface area contributed by atoms with E-state index in [4.69, 9.17) is 5.73 Å². The van der Waals surface area contributed by atoms with Gasteiger partial charge in [0.1, 0.15) is 5.82 Å². The molecule has 0 aromatic heterocycles. The number of carbonyl (C=O) groups excluding carboxylic acids is 1. The van der Waals surface area contributed by atoms with Crippen molar-refractivity contribution in [2.75, 3.05) is 5.32 Å². The Hall–Kier alpha value is -1.42. The monoisotopic (exact) mass is 262 g/mol. The van der Waals surface area contributed by atoms with Crippen LogP contribution >= 0.6 is 0 Å². The summed E-state index contributed by atoms with van der Waals surface area (Å²) < 4.78 is 13.2. The number of rotatable bonds is 2. The first-order chi connectivity index (χ1) is 9.06. The van der Waals surface area contributed by atoms with Gasteiger partial charge in [0.05, 0.1) is 5.92 Å². The molecule has 3 nitrogen and oxygen atoms in total. The normalized spacial score (nSPS) is 32.6. The van der Waals surface area contributed by atoms with E-state index in [9.17, 15) is 9.18 Å².